The highest BCUT2D eigenvalue weighted by Crippen LogP contribution is 2.31. The predicted octanol–water partition coefficient (Wildman–Crippen LogP) is 5.31. The van der Waals surface area contributed by atoms with Gasteiger partial charge >= 0.3 is 0 Å². The molecule has 0 aliphatic rings. The van der Waals surface area contributed by atoms with Crippen LogP contribution in [0.5, 0.6) is 0 Å². The van der Waals surface area contributed by atoms with Gasteiger partial charge in [0.25, 0.3) is 5.91 Å². The lowest BCUT2D eigenvalue weighted by Crippen LogP contribution is -2.26. The summed E-state index contributed by atoms with van der Waals surface area (Å²) >= 11 is 16.4. The molecule has 0 saturated carbocycles. The van der Waals surface area contributed by atoms with Crippen molar-refractivity contribution in [2.45, 2.75) is 13.0 Å². The zero-order valence-electron chi connectivity index (χ0n) is 9.91. The fourth-order valence-corrected chi connectivity index (χ4v) is 3.76. The third kappa shape index (κ3) is 3.51. The number of rotatable bonds is 3. The molecule has 0 fully saturated rings. The quantitative estimate of drug-likeness (QED) is 0.770. The summed E-state index contributed by atoms with van der Waals surface area (Å²) in [6.07, 6.45) is 0. The lowest BCUT2D eigenvalue weighted by atomic mass is 10.1. The number of hydrogen-bond acceptors (Lipinski definition) is 2. The van der Waals surface area contributed by atoms with E-state index in [2.05, 4.69) is 21.2 Å². The second-order valence-corrected chi connectivity index (χ2v) is 7.09. The van der Waals surface area contributed by atoms with E-state index in [4.69, 9.17) is 23.2 Å². The Kier molecular flexibility index (Phi) is 4.90. The van der Waals surface area contributed by atoms with Crippen molar-refractivity contribution in [3.05, 3.63) is 54.6 Å². The molecule has 0 unspecified atom stereocenters. The van der Waals surface area contributed by atoms with Crippen molar-refractivity contribution in [3.63, 3.8) is 0 Å². The van der Waals surface area contributed by atoms with Crippen molar-refractivity contribution in [2.24, 2.45) is 0 Å². The van der Waals surface area contributed by atoms with Gasteiger partial charge in [0.1, 0.15) is 4.34 Å². The van der Waals surface area contributed by atoms with Gasteiger partial charge in [-0.3, -0.25) is 4.79 Å². The van der Waals surface area contributed by atoms with Crippen LogP contribution in [-0.4, -0.2) is 5.91 Å². The van der Waals surface area contributed by atoms with Crippen molar-refractivity contribution in [1.82, 2.24) is 5.32 Å². The van der Waals surface area contributed by atoms with Gasteiger partial charge in [-0.15, -0.1) is 11.3 Å². The SMILES string of the molecule is C[C@H](NC(=O)c1cc(Cl)sc1Cl)c1ccccc1Br. The van der Waals surface area contributed by atoms with Crippen molar-refractivity contribution >= 4 is 56.4 Å². The maximum absolute atomic E-state index is 12.1. The van der Waals surface area contributed by atoms with Crippen LogP contribution in [0.1, 0.15) is 28.9 Å². The highest BCUT2D eigenvalue weighted by molar-refractivity contribution is 9.10. The summed E-state index contributed by atoms with van der Waals surface area (Å²) in [6.45, 7) is 1.92. The Bertz CT molecular complexity index is 614. The van der Waals surface area contributed by atoms with Crippen LogP contribution in [-0.2, 0) is 0 Å². The van der Waals surface area contributed by atoms with E-state index in [1.54, 1.807) is 6.07 Å². The van der Waals surface area contributed by atoms with E-state index in [9.17, 15) is 4.79 Å². The van der Waals surface area contributed by atoms with Crippen LogP contribution in [0.4, 0.5) is 0 Å². The molecule has 2 rings (SSSR count). The predicted molar refractivity (Wildman–Crippen MR) is 84.4 cm³/mol. The van der Waals surface area contributed by atoms with E-state index < -0.39 is 0 Å². The van der Waals surface area contributed by atoms with Crippen molar-refractivity contribution in [2.75, 3.05) is 0 Å². The van der Waals surface area contributed by atoms with E-state index >= 15 is 0 Å². The zero-order chi connectivity index (χ0) is 14.0. The Hall–Kier alpha value is -0.550. The molecular formula is C13H10BrCl2NOS. The standard InChI is InChI=1S/C13H10BrCl2NOS/c1-7(8-4-2-3-5-10(8)14)17-13(18)9-6-11(15)19-12(9)16/h2-7H,1H3,(H,17,18)/t7-/m0/s1. The normalized spacial score (nSPS) is 12.2. The van der Waals surface area contributed by atoms with E-state index in [0.29, 0.717) is 14.2 Å². The summed E-state index contributed by atoms with van der Waals surface area (Å²) in [6, 6.07) is 9.20. The molecule has 1 heterocycles. The molecule has 0 radical (unpaired) electrons. The van der Waals surface area contributed by atoms with Crippen LogP contribution >= 0.6 is 50.5 Å². The third-order valence-corrected chi connectivity index (χ3v) is 4.83. The molecule has 0 saturated heterocycles. The number of benzene rings is 1. The van der Waals surface area contributed by atoms with Gasteiger partial charge < -0.3 is 5.32 Å². The summed E-state index contributed by atoms with van der Waals surface area (Å²) < 4.78 is 1.86. The van der Waals surface area contributed by atoms with Gasteiger partial charge in [-0.1, -0.05) is 57.3 Å². The van der Waals surface area contributed by atoms with Gasteiger partial charge in [0.2, 0.25) is 0 Å². The number of amides is 1. The van der Waals surface area contributed by atoms with E-state index in [1.165, 1.54) is 11.3 Å². The number of carbonyl (C=O) groups is 1. The number of nitrogens with one attached hydrogen (secondary N) is 1. The smallest absolute Gasteiger partial charge is 0.254 e. The Labute approximate surface area is 133 Å². The Morgan fingerprint density at radius 3 is 2.63 bits per heavy atom. The van der Waals surface area contributed by atoms with Crippen molar-refractivity contribution < 1.29 is 4.79 Å². The Morgan fingerprint density at radius 1 is 1.37 bits per heavy atom. The minimum Gasteiger partial charge on any atom is -0.345 e. The van der Waals surface area contributed by atoms with Gasteiger partial charge in [-0.05, 0) is 24.6 Å². The fraction of sp³-hybridized carbons (Fsp3) is 0.154. The molecule has 0 aliphatic heterocycles. The zero-order valence-corrected chi connectivity index (χ0v) is 13.8. The molecule has 0 bridgehead atoms. The van der Waals surface area contributed by atoms with Crippen LogP contribution in [0.25, 0.3) is 0 Å². The molecule has 2 nitrogen and oxygen atoms in total. The van der Waals surface area contributed by atoms with E-state index in [1.807, 2.05) is 31.2 Å². The van der Waals surface area contributed by atoms with Gasteiger partial charge in [0.05, 0.1) is 15.9 Å². The molecule has 2 aromatic rings. The molecule has 1 amide bonds. The first-order valence-electron chi connectivity index (χ1n) is 5.49. The second-order valence-electron chi connectivity index (χ2n) is 3.95. The first-order valence-corrected chi connectivity index (χ1v) is 7.85. The highest BCUT2D eigenvalue weighted by atomic mass is 79.9. The molecule has 0 spiro atoms. The van der Waals surface area contributed by atoms with E-state index in [0.717, 1.165) is 10.0 Å². The Balaban J connectivity index is 2.15. The molecule has 1 aromatic heterocycles. The van der Waals surface area contributed by atoms with Crippen LogP contribution in [0.3, 0.4) is 0 Å². The number of carbonyl (C=O) groups excluding carboxylic acids is 1. The molecule has 0 aliphatic carbocycles. The molecule has 19 heavy (non-hydrogen) atoms. The first-order chi connectivity index (χ1) is 8.99. The minimum absolute atomic E-state index is 0.127. The molecule has 1 atom stereocenters. The maximum Gasteiger partial charge on any atom is 0.254 e. The third-order valence-electron chi connectivity index (χ3n) is 2.62. The maximum atomic E-state index is 12.1. The monoisotopic (exact) mass is 377 g/mol. The second kappa shape index (κ2) is 6.27. The van der Waals surface area contributed by atoms with Gasteiger partial charge in [0, 0.05) is 4.47 Å². The fourth-order valence-electron chi connectivity index (χ4n) is 1.67. The number of halogens is 3. The highest BCUT2D eigenvalue weighted by Gasteiger charge is 2.17. The van der Waals surface area contributed by atoms with E-state index in [-0.39, 0.29) is 11.9 Å². The molecule has 1 aromatic carbocycles. The summed E-state index contributed by atoms with van der Waals surface area (Å²) in [5.41, 5.74) is 1.42. The first kappa shape index (κ1) is 14.9. The molecule has 100 valence electrons. The summed E-state index contributed by atoms with van der Waals surface area (Å²) in [5.74, 6) is -0.226. The molecular weight excluding hydrogens is 369 g/mol. The van der Waals surface area contributed by atoms with Gasteiger partial charge in [0.15, 0.2) is 0 Å². The Morgan fingerprint density at radius 2 is 2.05 bits per heavy atom. The molecule has 6 heteroatoms. The lowest BCUT2D eigenvalue weighted by Gasteiger charge is -2.15. The number of thiophene rings is 1. The average Bonchev–Trinajstić information content (AvgIpc) is 2.69. The van der Waals surface area contributed by atoms with Crippen LogP contribution < -0.4 is 5.32 Å². The number of hydrogen-bond donors (Lipinski definition) is 1. The van der Waals surface area contributed by atoms with Crippen LogP contribution in [0.2, 0.25) is 8.67 Å². The van der Waals surface area contributed by atoms with Gasteiger partial charge in [-0.2, -0.15) is 0 Å². The molecule has 1 N–H and O–H groups in total. The summed E-state index contributed by atoms with van der Waals surface area (Å²) in [5, 5.41) is 2.90. The summed E-state index contributed by atoms with van der Waals surface area (Å²) in [7, 11) is 0. The van der Waals surface area contributed by atoms with Crippen LogP contribution in [0, 0.1) is 0 Å². The van der Waals surface area contributed by atoms with Crippen molar-refractivity contribution in [1.29, 1.82) is 0 Å². The lowest BCUT2D eigenvalue weighted by molar-refractivity contribution is 0.0940. The summed E-state index contributed by atoms with van der Waals surface area (Å²) in [4.78, 5) is 12.1. The minimum atomic E-state index is -0.226. The van der Waals surface area contributed by atoms with Crippen LogP contribution in [0.15, 0.2) is 34.8 Å². The van der Waals surface area contributed by atoms with Gasteiger partial charge in [-0.25, -0.2) is 0 Å². The topological polar surface area (TPSA) is 29.1 Å². The average molecular weight is 379 g/mol. The van der Waals surface area contributed by atoms with Crippen molar-refractivity contribution in [3.8, 4) is 0 Å². The largest absolute Gasteiger partial charge is 0.345 e.